The Morgan fingerprint density at radius 3 is 2.67 bits per heavy atom. The molecule has 1 fully saturated rings. The number of guanidine groups is 1. The molecular formula is C15H22FIN4. The fourth-order valence-corrected chi connectivity index (χ4v) is 2.87. The summed E-state index contributed by atoms with van der Waals surface area (Å²) in [5.74, 6) is 0.726. The maximum atomic E-state index is 14.2. The summed E-state index contributed by atoms with van der Waals surface area (Å²) in [6.45, 7) is 4.28. The lowest BCUT2D eigenvalue weighted by Gasteiger charge is -2.23. The zero-order valence-electron chi connectivity index (χ0n) is 12.3. The Labute approximate surface area is 142 Å². The first-order chi connectivity index (χ1) is 9.75. The van der Waals surface area contributed by atoms with Crippen LogP contribution in [-0.2, 0) is 6.54 Å². The number of aliphatic imine (C=N–C) groups is 1. The van der Waals surface area contributed by atoms with Crippen LogP contribution in [0.25, 0.3) is 0 Å². The van der Waals surface area contributed by atoms with Crippen LogP contribution >= 0.6 is 24.0 Å². The molecular weight excluding hydrogens is 382 g/mol. The van der Waals surface area contributed by atoms with Crippen LogP contribution in [0.4, 0.5) is 10.1 Å². The zero-order chi connectivity index (χ0) is 13.9. The average molecular weight is 404 g/mol. The Morgan fingerprint density at radius 2 is 2.00 bits per heavy atom. The Bertz CT molecular complexity index is 514. The molecule has 0 bridgehead atoms. The number of nitrogens with one attached hydrogen (secondary N) is 1. The van der Waals surface area contributed by atoms with Crippen LogP contribution in [0.5, 0.6) is 0 Å². The first-order valence-electron chi connectivity index (χ1n) is 7.27. The second-order valence-corrected chi connectivity index (χ2v) is 5.41. The van der Waals surface area contributed by atoms with Gasteiger partial charge < -0.3 is 15.1 Å². The van der Waals surface area contributed by atoms with E-state index < -0.39 is 0 Å². The first-order valence-corrected chi connectivity index (χ1v) is 7.27. The van der Waals surface area contributed by atoms with Gasteiger partial charge in [0.15, 0.2) is 5.96 Å². The quantitative estimate of drug-likeness (QED) is 0.786. The van der Waals surface area contributed by atoms with E-state index >= 15 is 0 Å². The normalized spacial score (nSPS) is 17.7. The Kier molecular flexibility index (Phi) is 5.66. The lowest BCUT2D eigenvalue weighted by molar-refractivity contribution is 0.530. The summed E-state index contributed by atoms with van der Waals surface area (Å²) < 4.78 is 14.2. The molecule has 0 spiro atoms. The van der Waals surface area contributed by atoms with Gasteiger partial charge in [-0.25, -0.2) is 4.39 Å². The topological polar surface area (TPSA) is 30.9 Å². The fourth-order valence-electron chi connectivity index (χ4n) is 2.87. The van der Waals surface area contributed by atoms with Crippen molar-refractivity contribution < 1.29 is 4.39 Å². The fraction of sp³-hybridized carbons (Fsp3) is 0.533. The molecule has 1 aromatic carbocycles. The van der Waals surface area contributed by atoms with Gasteiger partial charge >= 0.3 is 0 Å². The summed E-state index contributed by atoms with van der Waals surface area (Å²) in [6, 6.07) is 5.36. The molecule has 0 atom stereocenters. The van der Waals surface area contributed by atoms with Crippen molar-refractivity contribution in [2.75, 3.05) is 38.1 Å². The van der Waals surface area contributed by atoms with Crippen molar-refractivity contribution in [2.24, 2.45) is 4.99 Å². The maximum Gasteiger partial charge on any atom is 0.194 e. The highest BCUT2D eigenvalue weighted by Crippen LogP contribution is 2.26. The van der Waals surface area contributed by atoms with Crippen LogP contribution in [0.1, 0.15) is 18.4 Å². The number of hydrogen-bond acceptors (Lipinski definition) is 4. The van der Waals surface area contributed by atoms with Crippen molar-refractivity contribution in [3.63, 3.8) is 0 Å². The number of hydrogen-bond donors (Lipinski definition) is 1. The second-order valence-electron chi connectivity index (χ2n) is 5.41. The molecule has 3 rings (SSSR count). The molecule has 6 heteroatoms. The molecule has 0 amide bonds. The van der Waals surface area contributed by atoms with E-state index in [9.17, 15) is 4.39 Å². The Hall–Kier alpha value is -1.05. The van der Waals surface area contributed by atoms with Crippen molar-refractivity contribution in [3.8, 4) is 0 Å². The first kappa shape index (κ1) is 16.3. The van der Waals surface area contributed by atoms with Gasteiger partial charge in [-0.15, -0.1) is 24.0 Å². The van der Waals surface area contributed by atoms with Crippen LogP contribution in [0.15, 0.2) is 23.2 Å². The van der Waals surface area contributed by atoms with Crippen molar-refractivity contribution in [3.05, 3.63) is 29.6 Å². The van der Waals surface area contributed by atoms with E-state index in [0.29, 0.717) is 6.54 Å². The van der Waals surface area contributed by atoms with E-state index in [1.165, 1.54) is 18.9 Å². The van der Waals surface area contributed by atoms with Crippen LogP contribution in [0, 0.1) is 5.82 Å². The minimum absolute atomic E-state index is 0. The van der Waals surface area contributed by atoms with E-state index in [1.807, 2.05) is 13.1 Å². The highest BCUT2D eigenvalue weighted by molar-refractivity contribution is 14.0. The minimum Gasteiger partial charge on any atom is -0.371 e. The predicted molar refractivity (Wildman–Crippen MR) is 95.0 cm³/mol. The molecule has 1 N–H and O–H groups in total. The average Bonchev–Trinajstić information content (AvgIpc) is 3.09. The van der Waals surface area contributed by atoms with Crippen molar-refractivity contribution >= 4 is 35.6 Å². The molecule has 1 aromatic rings. The molecule has 2 aliphatic heterocycles. The smallest absolute Gasteiger partial charge is 0.194 e. The van der Waals surface area contributed by atoms with Crippen LogP contribution in [-0.4, -0.2) is 44.1 Å². The van der Waals surface area contributed by atoms with Crippen molar-refractivity contribution in [1.29, 1.82) is 0 Å². The summed E-state index contributed by atoms with van der Waals surface area (Å²) in [7, 11) is 2.00. The standard InChI is InChI=1S/C15H21FN4.HI/c1-19-10-7-17-15(19)18-11-12-13(16)5-4-6-14(12)20-8-2-3-9-20;/h4-6H,2-3,7-11H2,1H3,(H,17,18);1H. The number of halogens is 2. The van der Waals surface area contributed by atoms with Gasteiger partial charge in [-0.2, -0.15) is 0 Å². The number of likely N-dealkylation sites (N-methyl/N-ethyl adjacent to an activating group) is 1. The maximum absolute atomic E-state index is 14.2. The summed E-state index contributed by atoms with van der Waals surface area (Å²) in [4.78, 5) is 8.73. The van der Waals surface area contributed by atoms with Crippen molar-refractivity contribution in [1.82, 2.24) is 10.2 Å². The molecule has 2 heterocycles. The van der Waals surface area contributed by atoms with E-state index in [0.717, 1.165) is 43.4 Å². The number of anilines is 1. The highest BCUT2D eigenvalue weighted by atomic mass is 127. The lowest BCUT2D eigenvalue weighted by Crippen LogP contribution is -2.35. The van der Waals surface area contributed by atoms with Gasteiger partial charge in [0, 0.05) is 44.5 Å². The molecule has 0 aliphatic carbocycles. The van der Waals surface area contributed by atoms with Crippen LogP contribution < -0.4 is 10.2 Å². The second kappa shape index (κ2) is 7.29. The SMILES string of the molecule is CN1CCN=C1NCc1c(F)cccc1N1CCCC1.I. The van der Waals surface area contributed by atoms with Gasteiger partial charge in [0.25, 0.3) is 0 Å². The number of rotatable bonds is 3. The third-order valence-electron chi connectivity index (χ3n) is 4.02. The molecule has 0 unspecified atom stereocenters. The van der Waals surface area contributed by atoms with Gasteiger partial charge in [-0.05, 0) is 25.0 Å². The summed E-state index contributed by atoms with van der Waals surface area (Å²) in [5, 5.41) is 3.26. The predicted octanol–water partition coefficient (Wildman–Crippen LogP) is 2.43. The van der Waals surface area contributed by atoms with E-state index in [2.05, 4.69) is 20.1 Å². The number of benzene rings is 1. The molecule has 0 aromatic heterocycles. The van der Waals surface area contributed by atoms with Gasteiger partial charge in [0.05, 0.1) is 6.54 Å². The van der Waals surface area contributed by atoms with Gasteiger partial charge in [0.1, 0.15) is 5.82 Å². The minimum atomic E-state index is -0.136. The van der Waals surface area contributed by atoms with Gasteiger partial charge in [-0.1, -0.05) is 6.07 Å². The van der Waals surface area contributed by atoms with Crippen LogP contribution in [0.3, 0.4) is 0 Å². The summed E-state index contributed by atoms with van der Waals surface area (Å²) in [5.41, 5.74) is 1.77. The number of nitrogens with zero attached hydrogens (tertiary/aromatic N) is 3. The monoisotopic (exact) mass is 404 g/mol. The molecule has 1 saturated heterocycles. The van der Waals surface area contributed by atoms with Gasteiger partial charge in [-0.3, -0.25) is 4.99 Å². The van der Waals surface area contributed by atoms with E-state index in [4.69, 9.17) is 0 Å². The third-order valence-corrected chi connectivity index (χ3v) is 4.02. The molecule has 2 aliphatic rings. The lowest BCUT2D eigenvalue weighted by atomic mass is 10.1. The molecule has 116 valence electrons. The largest absolute Gasteiger partial charge is 0.371 e. The Balaban J connectivity index is 0.00000161. The molecule has 0 saturated carbocycles. The zero-order valence-corrected chi connectivity index (χ0v) is 14.6. The molecule has 21 heavy (non-hydrogen) atoms. The van der Waals surface area contributed by atoms with E-state index in [-0.39, 0.29) is 29.8 Å². The highest BCUT2D eigenvalue weighted by Gasteiger charge is 2.19. The molecule has 0 radical (unpaired) electrons. The Morgan fingerprint density at radius 1 is 1.24 bits per heavy atom. The van der Waals surface area contributed by atoms with E-state index in [1.54, 1.807) is 6.07 Å². The van der Waals surface area contributed by atoms with Crippen LogP contribution in [0.2, 0.25) is 0 Å². The molecule has 4 nitrogen and oxygen atoms in total. The van der Waals surface area contributed by atoms with Crippen molar-refractivity contribution in [2.45, 2.75) is 19.4 Å². The summed E-state index contributed by atoms with van der Waals surface area (Å²) >= 11 is 0. The van der Waals surface area contributed by atoms with Gasteiger partial charge in [0.2, 0.25) is 0 Å². The summed E-state index contributed by atoms with van der Waals surface area (Å²) in [6.07, 6.45) is 2.39. The third kappa shape index (κ3) is 3.59.